The van der Waals surface area contributed by atoms with E-state index in [0.29, 0.717) is 5.92 Å². The van der Waals surface area contributed by atoms with Gasteiger partial charge in [0.1, 0.15) is 0 Å². The molecule has 8 nitrogen and oxygen atoms in total. The molecule has 0 bridgehead atoms. The van der Waals surface area contributed by atoms with Crippen molar-refractivity contribution in [3.8, 4) is 0 Å². The van der Waals surface area contributed by atoms with Crippen molar-refractivity contribution < 1.29 is 30.0 Å². The fourth-order valence-corrected chi connectivity index (χ4v) is 2.17. The first-order chi connectivity index (χ1) is 11.6. The van der Waals surface area contributed by atoms with E-state index >= 15 is 0 Å². The molecule has 0 amide bonds. The predicted molar refractivity (Wildman–Crippen MR) is 89.3 cm³/mol. The molecule has 0 fully saturated rings. The number of nitrogens with one attached hydrogen (secondary N) is 1. The highest BCUT2D eigenvalue weighted by molar-refractivity contribution is 5.83. The number of H-pyrrole nitrogens is 1. The number of nitrogens with zero attached hydrogens (tertiary/aromatic N) is 1. The van der Waals surface area contributed by atoms with Gasteiger partial charge in [0.2, 0.25) is 0 Å². The maximum atomic E-state index is 9.77. The molecule has 25 heavy (non-hydrogen) atoms. The molecule has 136 valence electrons. The summed E-state index contributed by atoms with van der Waals surface area (Å²) < 4.78 is 0. The fourth-order valence-electron chi connectivity index (χ4n) is 2.17. The molecule has 8 heteroatoms. The Balaban J connectivity index is 0.000000275. The summed E-state index contributed by atoms with van der Waals surface area (Å²) in [7, 11) is 0. The maximum Gasteiger partial charge on any atom is 0.335 e. The molecular formula is C17H22N2O6. The number of aliphatic carboxylic acids is 2. The number of aromatic nitrogens is 2. The van der Waals surface area contributed by atoms with Crippen LogP contribution in [0.5, 0.6) is 0 Å². The molecule has 0 aliphatic heterocycles. The van der Waals surface area contributed by atoms with Crippen molar-refractivity contribution in [3.63, 3.8) is 0 Å². The van der Waals surface area contributed by atoms with Crippen LogP contribution in [0.4, 0.5) is 0 Å². The molecule has 0 aliphatic rings. The van der Waals surface area contributed by atoms with Crippen molar-refractivity contribution in [1.82, 2.24) is 9.97 Å². The number of benzene rings is 1. The van der Waals surface area contributed by atoms with Gasteiger partial charge >= 0.3 is 11.9 Å². The Hall–Kier alpha value is -2.71. The standard InChI is InChI=1S/C13H16N2.C4H6O6/c1-9-4-5-10(2)12(6-9)11(3)13-7-14-8-15-13;5-1(3(7)8)2(6)4(9)10/h4-8,11H,1-3H3,(H,14,15);1-2,5-6H,(H,7,8)(H,9,10)/t11-;1-,2-/m01/s1. The summed E-state index contributed by atoms with van der Waals surface area (Å²) in [5.74, 6) is -3.16. The SMILES string of the molecule is Cc1ccc(C)c([C@H](C)c2cnc[nH]2)c1.O=C(O)[C@H](O)[C@@H](O)C(=O)O. The average Bonchev–Trinajstić information content (AvgIpc) is 3.10. The number of aliphatic hydroxyl groups is 2. The van der Waals surface area contributed by atoms with Crippen molar-refractivity contribution in [3.05, 3.63) is 53.1 Å². The summed E-state index contributed by atoms with van der Waals surface area (Å²) in [6.45, 7) is 6.49. The number of hydrogen-bond acceptors (Lipinski definition) is 5. The fraction of sp³-hybridized carbons (Fsp3) is 0.353. The van der Waals surface area contributed by atoms with E-state index in [1.165, 1.54) is 22.4 Å². The van der Waals surface area contributed by atoms with Crippen LogP contribution in [0, 0.1) is 13.8 Å². The van der Waals surface area contributed by atoms with Crippen molar-refractivity contribution >= 4 is 11.9 Å². The molecule has 5 N–H and O–H groups in total. The van der Waals surface area contributed by atoms with Crippen LogP contribution >= 0.6 is 0 Å². The van der Waals surface area contributed by atoms with Crippen LogP contribution in [-0.2, 0) is 9.59 Å². The van der Waals surface area contributed by atoms with E-state index < -0.39 is 24.1 Å². The number of aryl methyl sites for hydroxylation is 2. The largest absolute Gasteiger partial charge is 0.479 e. The Kier molecular flexibility index (Phi) is 7.28. The zero-order chi connectivity index (χ0) is 19.1. The molecule has 0 unspecified atom stereocenters. The average molecular weight is 350 g/mol. The highest BCUT2D eigenvalue weighted by atomic mass is 16.4. The van der Waals surface area contributed by atoms with Gasteiger partial charge in [0.15, 0.2) is 12.2 Å². The van der Waals surface area contributed by atoms with Crippen LogP contribution in [-0.4, -0.2) is 54.5 Å². The monoisotopic (exact) mass is 350 g/mol. The Morgan fingerprint density at radius 3 is 2.08 bits per heavy atom. The molecule has 3 atom stereocenters. The van der Waals surface area contributed by atoms with E-state index in [1.54, 1.807) is 6.33 Å². The molecule has 0 aliphatic carbocycles. The van der Waals surface area contributed by atoms with Gasteiger partial charge in [-0.1, -0.05) is 30.7 Å². The molecular weight excluding hydrogens is 328 g/mol. The van der Waals surface area contributed by atoms with E-state index in [1.807, 2.05) is 6.20 Å². The van der Waals surface area contributed by atoms with Gasteiger partial charge in [-0.05, 0) is 25.0 Å². The molecule has 0 saturated heterocycles. The molecule has 1 heterocycles. The quantitative estimate of drug-likeness (QED) is 0.542. The lowest BCUT2D eigenvalue weighted by molar-refractivity contribution is -0.165. The summed E-state index contributed by atoms with van der Waals surface area (Å²) in [5, 5.41) is 32.5. The van der Waals surface area contributed by atoms with E-state index in [-0.39, 0.29) is 0 Å². The highest BCUT2D eigenvalue weighted by Gasteiger charge is 2.29. The van der Waals surface area contributed by atoms with Gasteiger partial charge in [0, 0.05) is 17.8 Å². The first-order valence-electron chi connectivity index (χ1n) is 7.52. The van der Waals surface area contributed by atoms with Crippen LogP contribution in [0.3, 0.4) is 0 Å². The normalized spacial score (nSPS) is 14.0. The summed E-state index contributed by atoms with van der Waals surface area (Å²) in [6.07, 6.45) is -0.904. The van der Waals surface area contributed by atoms with Gasteiger partial charge in [-0.3, -0.25) is 0 Å². The molecule has 0 radical (unpaired) electrons. The molecule has 2 rings (SSSR count). The number of aromatic amines is 1. The third-order valence-electron chi connectivity index (χ3n) is 3.69. The molecule has 0 spiro atoms. The summed E-state index contributed by atoms with van der Waals surface area (Å²) in [6, 6.07) is 6.58. The lowest BCUT2D eigenvalue weighted by atomic mass is 9.93. The number of carboxylic acids is 2. The molecule has 1 aromatic carbocycles. The van der Waals surface area contributed by atoms with Crippen LogP contribution in [0.1, 0.15) is 35.2 Å². The Morgan fingerprint density at radius 1 is 1.08 bits per heavy atom. The number of hydrogen-bond donors (Lipinski definition) is 5. The van der Waals surface area contributed by atoms with Crippen LogP contribution in [0.25, 0.3) is 0 Å². The maximum absolute atomic E-state index is 9.77. The van der Waals surface area contributed by atoms with Crippen molar-refractivity contribution in [2.75, 3.05) is 0 Å². The molecule has 0 saturated carbocycles. The molecule has 2 aromatic rings. The molecule has 1 aromatic heterocycles. The van der Waals surface area contributed by atoms with Gasteiger partial charge in [-0.15, -0.1) is 0 Å². The number of aliphatic hydroxyl groups excluding tert-OH is 2. The van der Waals surface area contributed by atoms with Crippen molar-refractivity contribution in [1.29, 1.82) is 0 Å². The van der Waals surface area contributed by atoms with E-state index in [9.17, 15) is 9.59 Å². The summed E-state index contributed by atoms with van der Waals surface area (Å²) in [5.41, 5.74) is 5.19. The lowest BCUT2D eigenvalue weighted by Crippen LogP contribution is -2.39. The van der Waals surface area contributed by atoms with Crippen molar-refractivity contribution in [2.24, 2.45) is 0 Å². The van der Waals surface area contributed by atoms with Gasteiger partial charge in [0.05, 0.1) is 6.33 Å². The van der Waals surface area contributed by atoms with Crippen molar-refractivity contribution in [2.45, 2.75) is 38.9 Å². The first kappa shape index (κ1) is 20.3. The van der Waals surface area contributed by atoms with Gasteiger partial charge in [0.25, 0.3) is 0 Å². The van der Waals surface area contributed by atoms with Crippen LogP contribution in [0.2, 0.25) is 0 Å². The van der Waals surface area contributed by atoms with E-state index in [4.69, 9.17) is 20.4 Å². The zero-order valence-corrected chi connectivity index (χ0v) is 14.2. The summed E-state index contributed by atoms with van der Waals surface area (Å²) in [4.78, 5) is 26.8. The Labute approximate surface area is 144 Å². The van der Waals surface area contributed by atoms with E-state index in [0.717, 1.165) is 0 Å². The number of imidazole rings is 1. The predicted octanol–water partition coefficient (Wildman–Crippen LogP) is 1.06. The minimum absolute atomic E-state index is 0.382. The minimum atomic E-state index is -2.27. The minimum Gasteiger partial charge on any atom is -0.479 e. The van der Waals surface area contributed by atoms with Gasteiger partial charge in [-0.2, -0.15) is 0 Å². The third kappa shape index (κ3) is 5.70. The van der Waals surface area contributed by atoms with Gasteiger partial charge < -0.3 is 25.4 Å². The number of carboxylic acid groups (broad SMARTS) is 2. The second-order valence-electron chi connectivity index (χ2n) is 5.65. The summed E-state index contributed by atoms with van der Waals surface area (Å²) >= 11 is 0. The number of carbonyl (C=O) groups is 2. The second-order valence-corrected chi connectivity index (χ2v) is 5.65. The third-order valence-corrected chi connectivity index (χ3v) is 3.69. The van der Waals surface area contributed by atoms with Crippen LogP contribution in [0.15, 0.2) is 30.7 Å². The van der Waals surface area contributed by atoms with E-state index in [2.05, 4.69) is 48.9 Å². The Morgan fingerprint density at radius 2 is 1.64 bits per heavy atom. The zero-order valence-electron chi connectivity index (χ0n) is 14.2. The highest BCUT2D eigenvalue weighted by Crippen LogP contribution is 2.25. The smallest absolute Gasteiger partial charge is 0.335 e. The van der Waals surface area contributed by atoms with Gasteiger partial charge in [-0.25, -0.2) is 14.6 Å². The topological polar surface area (TPSA) is 144 Å². The first-order valence-corrected chi connectivity index (χ1v) is 7.52. The second kappa shape index (κ2) is 8.95. The lowest BCUT2D eigenvalue weighted by Gasteiger charge is -2.13. The van der Waals surface area contributed by atoms with Crippen LogP contribution < -0.4 is 0 Å². The Bertz CT molecular complexity index is 696. The number of rotatable bonds is 5.